The van der Waals surface area contributed by atoms with Crippen LogP contribution in [0.2, 0.25) is 0 Å². The quantitative estimate of drug-likeness (QED) is 0.898. The lowest BCUT2D eigenvalue weighted by Crippen LogP contribution is -2.55. The Morgan fingerprint density at radius 2 is 2.09 bits per heavy atom. The maximum Gasteiger partial charge on any atom is 0.224 e. The van der Waals surface area contributed by atoms with Crippen molar-refractivity contribution in [3.05, 3.63) is 35.4 Å². The summed E-state index contributed by atoms with van der Waals surface area (Å²) in [6.45, 7) is 1.86. The molecule has 1 aromatic rings. The van der Waals surface area contributed by atoms with Crippen molar-refractivity contribution in [2.24, 2.45) is 5.92 Å². The molecule has 6 heteroatoms. The van der Waals surface area contributed by atoms with E-state index in [9.17, 15) is 18.4 Å². The molecule has 23 heavy (non-hydrogen) atoms. The van der Waals surface area contributed by atoms with Crippen LogP contribution in [0.4, 0.5) is 8.78 Å². The summed E-state index contributed by atoms with van der Waals surface area (Å²) in [5, 5.41) is 5.72. The predicted molar refractivity (Wildman–Crippen MR) is 80.4 cm³/mol. The number of carbonyl (C=O) groups is 2. The summed E-state index contributed by atoms with van der Waals surface area (Å²) in [5.74, 6) is -2.04. The highest BCUT2D eigenvalue weighted by molar-refractivity contribution is 5.87. The summed E-state index contributed by atoms with van der Waals surface area (Å²) in [6.07, 6.45) is 2.84. The zero-order valence-corrected chi connectivity index (χ0v) is 13.0. The molecule has 124 valence electrons. The zero-order chi connectivity index (χ0) is 16.6. The maximum atomic E-state index is 14.1. The Morgan fingerprint density at radius 1 is 1.35 bits per heavy atom. The van der Waals surface area contributed by atoms with Crippen molar-refractivity contribution in [2.75, 3.05) is 0 Å². The molecule has 2 atom stereocenters. The van der Waals surface area contributed by atoms with E-state index in [1.54, 1.807) is 0 Å². The number of hydrogen-bond acceptors (Lipinski definition) is 2. The Balaban J connectivity index is 1.79. The first-order valence-corrected chi connectivity index (χ1v) is 7.96. The van der Waals surface area contributed by atoms with Gasteiger partial charge >= 0.3 is 0 Å². The summed E-state index contributed by atoms with van der Waals surface area (Å²) < 4.78 is 27.3. The van der Waals surface area contributed by atoms with Gasteiger partial charge in [0.15, 0.2) is 0 Å². The number of amides is 2. The molecule has 0 aromatic heterocycles. The standard InChI is InChI=1S/C17H20F2N2O2/c1-10-7-11(8-15(22)20-10)16(23)21-17(5-2-6-17)13-4-3-12(18)9-14(13)19/h3-4,9-11H,2,5-8H2,1H3,(H,20,22)(H,21,23)/t10-,11+/m1/s1. The van der Waals surface area contributed by atoms with E-state index in [2.05, 4.69) is 10.6 Å². The topological polar surface area (TPSA) is 58.2 Å². The molecule has 1 aliphatic heterocycles. The first-order valence-electron chi connectivity index (χ1n) is 7.96. The van der Waals surface area contributed by atoms with Crippen molar-refractivity contribution in [1.29, 1.82) is 0 Å². The van der Waals surface area contributed by atoms with E-state index in [1.165, 1.54) is 12.1 Å². The lowest BCUT2D eigenvalue weighted by molar-refractivity contribution is -0.135. The van der Waals surface area contributed by atoms with Gasteiger partial charge in [0.05, 0.1) is 5.54 Å². The van der Waals surface area contributed by atoms with Crippen LogP contribution < -0.4 is 10.6 Å². The lowest BCUT2D eigenvalue weighted by atomic mass is 9.71. The first kappa shape index (κ1) is 15.9. The number of carbonyl (C=O) groups excluding carboxylic acids is 2. The lowest BCUT2D eigenvalue weighted by Gasteiger charge is -2.44. The predicted octanol–water partition coefficient (Wildman–Crippen LogP) is 2.37. The number of nitrogens with one attached hydrogen (secondary N) is 2. The average Bonchev–Trinajstić information content (AvgIpc) is 2.42. The second-order valence-electron chi connectivity index (χ2n) is 6.65. The molecule has 2 fully saturated rings. The van der Waals surface area contributed by atoms with Crippen LogP contribution in [-0.4, -0.2) is 17.9 Å². The largest absolute Gasteiger partial charge is 0.354 e. The molecule has 1 saturated heterocycles. The average molecular weight is 322 g/mol. The van der Waals surface area contributed by atoms with Gasteiger partial charge in [0.2, 0.25) is 11.8 Å². The monoisotopic (exact) mass is 322 g/mol. The molecule has 4 nitrogen and oxygen atoms in total. The van der Waals surface area contributed by atoms with E-state index >= 15 is 0 Å². The van der Waals surface area contributed by atoms with Crippen molar-refractivity contribution in [3.63, 3.8) is 0 Å². The fraction of sp³-hybridized carbons (Fsp3) is 0.529. The highest BCUT2D eigenvalue weighted by atomic mass is 19.1. The fourth-order valence-electron chi connectivity index (χ4n) is 3.53. The number of hydrogen-bond donors (Lipinski definition) is 2. The second kappa shape index (κ2) is 5.91. The zero-order valence-electron chi connectivity index (χ0n) is 13.0. The minimum atomic E-state index is -0.772. The summed E-state index contributed by atoms with van der Waals surface area (Å²) in [7, 11) is 0. The second-order valence-corrected chi connectivity index (χ2v) is 6.65. The van der Waals surface area contributed by atoms with E-state index in [-0.39, 0.29) is 24.3 Å². The van der Waals surface area contributed by atoms with Crippen LogP contribution in [0.25, 0.3) is 0 Å². The number of halogens is 2. The summed E-state index contributed by atoms with van der Waals surface area (Å²) >= 11 is 0. The minimum absolute atomic E-state index is 0.0492. The third kappa shape index (κ3) is 3.07. The Hall–Kier alpha value is -1.98. The van der Waals surface area contributed by atoms with Crippen LogP contribution in [0.15, 0.2) is 18.2 Å². The van der Waals surface area contributed by atoms with Crippen molar-refractivity contribution in [2.45, 2.75) is 50.6 Å². The Morgan fingerprint density at radius 3 is 2.65 bits per heavy atom. The Labute approximate surface area is 133 Å². The van der Waals surface area contributed by atoms with Crippen molar-refractivity contribution >= 4 is 11.8 Å². The molecule has 0 radical (unpaired) electrons. The normalized spacial score (nSPS) is 26.1. The van der Waals surface area contributed by atoms with Gasteiger partial charge in [0.1, 0.15) is 11.6 Å². The first-order chi connectivity index (χ1) is 10.9. The molecule has 2 amide bonds. The summed E-state index contributed by atoms with van der Waals surface area (Å²) in [5.41, 5.74) is -0.446. The SMILES string of the molecule is C[C@@H]1C[C@H](C(=O)NC2(c3ccc(F)cc3F)CCC2)CC(=O)N1. The summed E-state index contributed by atoms with van der Waals surface area (Å²) in [6, 6.07) is 3.41. The molecule has 2 N–H and O–H groups in total. The van der Waals surface area contributed by atoms with E-state index in [0.717, 1.165) is 12.5 Å². The fourth-order valence-corrected chi connectivity index (χ4v) is 3.53. The van der Waals surface area contributed by atoms with Gasteiger partial charge in [0.25, 0.3) is 0 Å². The molecule has 3 rings (SSSR count). The van der Waals surface area contributed by atoms with Gasteiger partial charge in [-0.25, -0.2) is 8.78 Å². The number of rotatable bonds is 3. The van der Waals surface area contributed by atoms with Crippen LogP contribution in [0, 0.1) is 17.6 Å². The van der Waals surface area contributed by atoms with Gasteiger partial charge in [-0.05, 0) is 38.7 Å². The third-order valence-corrected chi connectivity index (χ3v) is 4.86. The van der Waals surface area contributed by atoms with Crippen molar-refractivity contribution in [1.82, 2.24) is 10.6 Å². The van der Waals surface area contributed by atoms with Crippen LogP contribution in [0.3, 0.4) is 0 Å². The molecule has 0 spiro atoms. The van der Waals surface area contributed by atoms with Crippen LogP contribution >= 0.6 is 0 Å². The number of benzene rings is 1. The van der Waals surface area contributed by atoms with Gasteiger partial charge in [-0.1, -0.05) is 6.07 Å². The highest BCUT2D eigenvalue weighted by Gasteiger charge is 2.43. The van der Waals surface area contributed by atoms with Crippen LogP contribution in [0.1, 0.15) is 44.6 Å². The van der Waals surface area contributed by atoms with Gasteiger partial charge in [-0.2, -0.15) is 0 Å². The smallest absolute Gasteiger partial charge is 0.224 e. The van der Waals surface area contributed by atoms with Gasteiger partial charge < -0.3 is 10.6 Å². The molecule has 1 heterocycles. The van der Waals surface area contributed by atoms with Gasteiger partial charge in [0, 0.05) is 30.0 Å². The third-order valence-electron chi connectivity index (χ3n) is 4.86. The molecule has 1 aromatic carbocycles. The molecule has 0 unspecified atom stereocenters. The minimum Gasteiger partial charge on any atom is -0.354 e. The molecular weight excluding hydrogens is 302 g/mol. The molecule has 0 bridgehead atoms. The van der Waals surface area contributed by atoms with Gasteiger partial charge in [-0.3, -0.25) is 9.59 Å². The van der Waals surface area contributed by atoms with Crippen molar-refractivity contribution in [3.8, 4) is 0 Å². The number of piperidine rings is 1. The summed E-state index contributed by atoms with van der Waals surface area (Å²) in [4.78, 5) is 24.2. The Kier molecular flexibility index (Phi) is 4.08. The van der Waals surface area contributed by atoms with Crippen LogP contribution in [-0.2, 0) is 15.1 Å². The highest BCUT2D eigenvalue weighted by Crippen LogP contribution is 2.43. The molecule has 1 aliphatic carbocycles. The van der Waals surface area contributed by atoms with E-state index in [4.69, 9.17) is 0 Å². The maximum absolute atomic E-state index is 14.1. The molecular formula is C17H20F2N2O2. The van der Waals surface area contributed by atoms with Crippen molar-refractivity contribution < 1.29 is 18.4 Å². The van der Waals surface area contributed by atoms with E-state index in [0.29, 0.717) is 24.8 Å². The van der Waals surface area contributed by atoms with E-state index < -0.39 is 23.1 Å². The molecule has 1 saturated carbocycles. The van der Waals surface area contributed by atoms with Gasteiger partial charge in [-0.15, -0.1) is 0 Å². The Bertz CT molecular complexity index is 643. The van der Waals surface area contributed by atoms with Crippen LogP contribution in [0.5, 0.6) is 0 Å². The molecule has 2 aliphatic rings. The van der Waals surface area contributed by atoms with E-state index in [1.807, 2.05) is 6.92 Å².